The van der Waals surface area contributed by atoms with Gasteiger partial charge >= 0.3 is 0 Å². The number of likely N-dealkylation sites (N-methyl/N-ethyl adjacent to an activating group) is 1. The zero-order valence-electron chi connectivity index (χ0n) is 10.3. The van der Waals surface area contributed by atoms with E-state index >= 15 is 0 Å². The second-order valence-corrected chi connectivity index (χ2v) is 5.41. The van der Waals surface area contributed by atoms with Crippen LogP contribution in [0.3, 0.4) is 0 Å². The van der Waals surface area contributed by atoms with Gasteiger partial charge in [-0.25, -0.2) is 0 Å². The third kappa shape index (κ3) is 2.73. The first-order valence-electron chi connectivity index (χ1n) is 6.72. The van der Waals surface area contributed by atoms with Gasteiger partial charge in [0.05, 0.1) is 0 Å². The monoisotopic (exact) mass is 210 g/mol. The number of nitrogens with zero attached hydrogens (tertiary/aromatic N) is 1. The van der Waals surface area contributed by atoms with E-state index in [1.807, 2.05) is 0 Å². The van der Waals surface area contributed by atoms with Gasteiger partial charge in [0.15, 0.2) is 0 Å². The molecule has 0 radical (unpaired) electrons. The van der Waals surface area contributed by atoms with E-state index in [0.717, 1.165) is 18.0 Å². The molecule has 2 rings (SSSR count). The first kappa shape index (κ1) is 11.4. The van der Waals surface area contributed by atoms with Crippen molar-refractivity contribution in [3.05, 3.63) is 0 Å². The van der Waals surface area contributed by atoms with Crippen LogP contribution in [0.15, 0.2) is 0 Å². The highest BCUT2D eigenvalue weighted by Gasteiger charge is 2.30. The molecule has 1 saturated carbocycles. The maximum Gasteiger partial charge on any atom is 0.0204 e. The van der Waals surface area contributed by atoms with Gasteiger partial charge in [0.2, 0.25) is 0 Å². The van der Waals surface area contributed by atoms with Crippen molar-refractivity contribution in [3.63, 3.8) is 0 Å². The van der Waals surface area contributed by atoms with Crippen LogP contribution in [0.25, 0.3) is 0 Å². The molecule has 2 nitrogen and oxygen atoms in total. The van der Waals surface area contributed by atoms with Crippen LogP contribution in [-0.4, -0.2) is 37.1 Å². The van der Waals surface area contributed by atoms with Crippen molar-refractivity contribution in [1.29, 1.82) is 0 Å². The number of rotatable bonds is 3. The van der Waals surface area contributed by atoms with Gasteiger partial charge in [0.25, 0.3) is 0 Å². The minimum absolute atomic E-state index is 0.746. The van der Waals surface area contributed by atoms with E-state index in [4.69, 9.17) is 0 Å². The number of hydrogen-bond acceptors (Lipinski definition) is 2. The minimum Gasteiger partial charge on any atom is -0.316 e. The SMILES string of the molecule is CNC1CCN(C(C)C2CCCCC2)C1. The second kappa shape index (κ2) is 5.31. The van der Waals surface area contributed by atoms with Crippen LogP contribution in [0.2, 0.25) is 0 Å². The Balaban J connectivity index is 1.82. The third-order valence-corrected chi connectivity index (χ3v) is 4.54. The highest BCUT2D eigenvalue weighted by Crippen LogP contribution is 2.30. The summed E-state index contributed by atoms with van der Waals surface area (Å²) in [5.41, 5.74) is 0. The molecule has 0 aromatic heterocycles. The molecular formula is C13H26N2. The highest BCUT2D eigenvalue weighted by molar-refractivity contribution is 4.86. The first-order valence-corrected chi connectivity index (χ1v) is 6.72. The Morgan fingerprint density at radius 2 is 1.87 bits per heavy atom. The topological polar surface area (TPSA) is 15.3 Å². The quantitative estimate of drug-likeness (QED) is 0.768. The van der Waals surface area contributed by atoms with Gasteiger partial charge < -0.3 is 5.32 Å². The molecule has 0 aromatic rings. The average molecular weight is 210 g/mol. The van der Waals surface area contributed by atoms with Crippen molar-refractivity contribution in [2.75, 3.05) is 20.1 Å². The molecule has 2 unspecified atom stereocenters. The van der Waals surface area contributed by atoms with Crippen molar-refractivity contribution < 1.29 is 0 Å². The van der Waals surface area contributed by atoms with E-state index in [0.29, 0.717) is 0 Å². The Hall–Kier alpha value is -0.0800. The molecule has 2 aliphatic rings. The molecule has 0 bridgehead atoms. The summed E-state index contributed by atoms with van der Waals surface area (Å²) in [6, 6.07) is 1.57. The summed E-state index contributed by atoms with van der Waals surface area (Å²) < 4.78 is 0. The molecule has 1 N–H and O–H groups in total. The molecule has 1 heterocycles. The fraction of sp³-hybridized carbons (Fsp3) is 1.00. The molecule has 2 heteroatoms. The van der Waals surface area contributed by atoms with Crippen LogP contribution in [0.5, 0.6) is 0 Å². The Morgan fingerprint density at radius 1 is 1.13 bits per heavy atom. The van der Waals surface area contributed by atoms with Crippen molar-refractivity contribution in [1.82, 2.24) is 10.2 Å². The van der Waals surface area contributed by atoms with Gasteiger partial charge in [-0.05, 0) is 39.2 Å². The molecule has 2 atom stereocenters. The normalized spacial score (nSPS) is 32.0. The lowest BCUT2D eigenvalue weighted by Crippen LogP contribution is -2.39. The summed E-state index contributed by atoms with van der Waals surface area (Å²) in [6.45, 7) is 5.03. The van der Waals surface area contributed by atoms with E-state index < -0.39 is 0 Å². The Morgan fingerprint density at radius 3 is 2.47 bits per heavy atom. The molecule has 1 aliphatic heterocycles. The minimum atomic E-state index is 0.746. The van der Waals surface area contributed by atoms with Crippen LogP contribution in [0, 0.1) is 5.92 Å². The molecule has 0 spiro atoms. The summed E-state index contributed by atoms with van der Waals surface area (Å²) in [6.07, 6.45) is 8.70. The zero-order chi connectivity index (χ0) is 10.7. The van der Waals surface area contributed by atoms with E-state index in [1.54, 1.807) is 0 Å². The molecule has 88 valence electrons. The molecule has 1 aliphatic carbocycles. The van der Waals surface area contributed by atoms with Gasteiger partial charge in [-0.1, -0.05) is 19.3 Å². The Kier molecular flexibility index (Phi) is 4.04. The molecular weight excluding hydrogens is 184 g/mol. The van der Waals surface area contributed by atoms with E-state index in [1.165, 1.54) is 51.6 Å². The van der Waals surface area contributed by atoms with Gasteiger partial charge in [-0.3, -0.25) is 4.90 Å². The maximum absolute atomic E-state index is 3.41. The standard InChI is InChI=1S/C13H26N2/c1-11(12-6-4-3-5-7-12)15-9-8-13(10-15)14-2/h11-14H,3-10H2,1-2H3. The van der Waals surface area contributed by atoms with Crippen molar-refractivity contribution in [3.8, 4) is 0 Å². The molecule has 0 amide bonds. The summed E-state index contributed by atoms with van der Waals surface area (Å²) in [7, 11) is 2.10. The van der Waals surface area contributed by atoms with Gasteiger partial charge in [-0.15, -0.1) is 0 Å². The van der Waals surface area contributed by atoms with Gasteiger partial charge in [0, 0.05) is 25.2 Å². The summed E-state index contributed by atoms with van der Waals surface area (Å²) in [5.74, 6) is 0.981. The predicted molar refractivity (Wildman–Crippen MR) is 65.1 cm³/mol. The van der Waals surface area contributed by atoms with E-state index in [9.17, 15) is 0 Å². The molecule has 2 fully saturated rings. The summed E-state index contributed by atoms with van der Waals surface area (Å²) in [5, 5.41) is 3.41. The lowest BCUT2D eigenvalue weighted by Gasteiger charge is -2.34. The predicted octanol–water partition coefficient (Wildman–Crippen LogP) is 2.25. The number of hydrogen-bond donors (Lipinski definition) is 1. The number of nitrogens with one attached hydrogen (secondary N) is 1. The summed E-state index contributed by atoms with van der Waals surface area (Å²) in [4.78, 5) is 2.71. The fourth-order valence-corrected chi connectivity index (χ4v) is 3.31. The van der Waals surface area contributed by atoms with E-state index in [-0.39, 0.29) is 0 Å². The Bertz CT molecular complexity index is 187. The molecule has 1 saturated heterocycles. The maximum atomic E-state index is 3.41. The van der Waals surface area contributed by atoms with Crippen molar-refractivity contribution in [2.24, 2.45) is 5.92 Å². The zero-order valence-corrected chi connectivity index (χ0v) is 10.3. The van der Waals surface area contributed by atoms with Crippen molar-refractivity contribution >= 4 is 0 Å². The summed E-state index contributed by atoms with van der Waals surface area (Å²) >= 11 is 0. The van der Waals surface area contributed by atoms with Crippen LogP contribution in [-0.2, 0) is 0 Å². The third-order valence-electron chi connectivity index (χ3n) is 4.54. The number of likely N-dealkylation sites (tertiary alicyclic amines) is 1. The van der Waals surface area contributed by atoms with Crippen LogP contribution in [0.1, 0.15) is 45.4 Å². The largest absolute Gasteiger partial charge is 0.316 e. The van der Waals surface area contributed by atoms with E-state index in [2.05, 4.69) is 24.2 Å². The first-order chi connectivity index (χ1) is 7.31. The average Bonchev–Trinajstić information content (AvgIpc) is 2.78. The smallest absolute Gasteiger partial charge is 0.0204 e. The molecule has 15 heavy (non-hydrogen) atoms. The highest BCUT2D eigenvalue weighted by atomic mass is 15.2. The Labute approximate surface area is 94.4 Å². The fourth-order valence-electron chi connectivity index (χ4n) is 3.31. The molecule has 0 aromatic carbocycles. The van der Waals surface area contributed by atoms with Gasteiger partial charge in [-0.2, -0.15) is 0 Å². The second-order valence-electron chi connectivity index (χ2n) is 5.41. The van der Waals surface area contributed by atoms with Gasteiger partial charge in [0.1, 0.15) is 0 Å². The van der Waals surface area contributed by atoms with Crippen LogP contribution in [0.4, 0.5) is 0 Å². The van der Waals surface area contributed by atoms with Crippen LogP contribution < -0.4 is 5.32 Å². The van der Waals surface area contributed by atoms with Crippen LogP contribution >= 0.6 is 0 Å². The lowest BCUT2D eigenvalue weighted by atomic mass is 9.84. The van der Waals surface area contributed by atoms with Crippen molar-refractivity contribution in [2.45, 2.75) is 57.5 Å². The lowest BCUT2D eigenvalue weighted by molar-refractivity contribution is 0.154.